The van der Waals surface area contributed by atoms with Crippen LogP contribution >= 0.6 is 73.9 Å². The Morgan fingerprint density at radius 3 is 2.15 bits per heavy atom. The molecule has 1 saturated carbocycles. The van der Waals surface area contributed by atoms with Crippen molar-refractivity contribution in [2.24, 2.45) is 5.92 Å². The lowest BCUT2D eigenvalue weighted by atomic mass is 10.1. The summed E-state index contributed by atoms with van der Waals surface area (Å²) in [6.07, 6.45) is 0. The Bertz CT molecular complexity index is 1300. The summed E-state index contributed by atoms with van der Waals surface area (Å²) >= 11 is 34.2. The van der Waals surface area contributed by atoms with E-state index in [1.807, 2.05) is 0 Å². The molecule has 2 amide bonds. The van der Waals surface area contributed by atoms with Gasteiger partial charge in [0.2, 0.25) is 5.91 Å². The molecule has 3 aromatic rings. The number of carbonyl (C=O) groups excluding carboxylic acids is 2. The summed E-state index contributed by atoms with van der Waals surface area (Å²) in [5.74, 6) is -2.85. The molecule has 1 fully saturated rings. The molecule has 1 aliphatic rings. The van der Waals surface area contributed by atoms with Gasteiger partial charge in [0.15, 0.2) is 0 Å². The molecule has 34 heavy (non-hydrogen) atoms. The summed E-state index contributed by atoms with van der Waals surface area (Å²) in [5, 5.41) is 6.23. The number of amides is 2. The van der Waals surface area contributed by atoms with Gasteiger partial charge in [-0.2, -0.15) is 0 Å². The Kier molecular flexibility index (Phi) is 7.40. The standard InChI is InChI=1S/C23H13BrCl5FN2O2/c24-16-3-1-14(9-18(16)30)31-21(33)15-8-13(2-4-17(15)27)32-22(34)20-19(23(20,28)29)10-5-11(25)7-12(26)6-10/h1-9,19-20H,(H,31,33)(H,32,34)/t19-,20+/m0/s1. The van der Waals surface area contributed by atoms with Crippen LogP contribution in [-0.4, -0.2) is 16.1 Å². The van der Waals surface area contributed by atoms with Crippen molar-refractivity contribution in [3.63, 3.8) is 0 Å². The van der Waals surface area contributed by atoms with Gasteiger partial charge in [0, 0.05) is 27.3 Å². The van der Waals surface area contributed by atoms with Crippen LogP contribution in [-0.2, 0) is 4.79 Å². The second-order valence-electron chi connectivity index (χ2n) is 7.60. The summed E-state index contributed by atoms with van der Waals surface area (Å²) in [5.41, 5.74) is 1.27. The zero-order chi connectivity index (χ0) is 24.8. The summed E-state index contributed by atoms with van der Waals surface area (Å²) in [6, 6.07) is 13.4. The van der Waals surface area contributed by atoms with Crippen molar-refractivity contribution >= 4 is 97.1 Å². The number of benzene rings is 3. The molecular formula is C23H13BrCl5FN2O2. The number of rotatable bonds is 5. The monoisotopic (exact) mass is 622 g/mol. The number of carbonyl (C=O) groups is 2. The van der Waals surface area contributed by atoms with E-state index in [0.717, 1.165) is 6.07 Å². The molecule has 0 aromatic heterocycles. The molecule has 0 spiro atoms. The van der Waals surface area contributed by atoms with Gasteiger partial charge in [-0.1, -0.05) is 34.8 Å². The van der Waals surface area contributed by atoms with E-state index in [-0.39, 0.29) is 20.7 Å². The molecule has 2 atom stereocenters. The Hall–Kier alpha value is -1.54. The maximum absolute atomic E-state index is 13.8. The minimum atomic E-state index is -1.35. The highest BCUT2D eigenvalue weighted by molar-refractivity contribution is 9.10. The van der Waals surface area contributed by atoms with Crippen LogP contribution in [0.25, 0.3) is 0 Å². The molecule has 0 radical (unpaired) electrons. The highest BCUT2D eigenvalue weighted by Gasteiger charge is 2.67. The van der Waals surface area contributed by atoms with E-state index in [4.69, 9.17) is 58.0 Å². The molecule has 4 nitrogen and oxygen atoms in total. The third-order valence-corrected chi connectivity index (χ3v) is 7.59. The van der Waals surface area contributed by atoms with Gasteiger partial charge in [0.1, 0.15) is 10.2 Å². The van der Waals surface area contributed by atoms with Gasteiger partial charge in [-0.25, -0.2) is 4.39 Å². The topological polar surface area (TPSA) is 58.2 Å². The van der Waals surface area contributed by atoms with Gasteiger partial charge >= 0.3 is 0 Å². The first kappa shape index (κ1) is 25.5. The van der Waals surface area contributed by atoms with Crippen molar-refractivity contribution in [2.75, 3.05) is 10.6 Å². The number of alkyl halides is 2. The average Bonchev–Trinajstić information content (AvgIpc) is 3.33. The lowest BCUT2D eigenvalue weighted by molar-refractivity contribution is -0.117. The van der Waals surface area contributed by atoms with Crippen LogP contribution in [0, 0.1) is 11.7 Å². The third kappa shape index (κ3) is 5.32. The highest BCUT2D eigenvalue weighted by atomic mass is 79.9. The lowest BCUT2D eigenvalue weighted by Crippen LogP contribution is -2.18. The molecule has 0 bridgehead atoms. The zero-order valence-corrected chi connectivity index (χ0v) is 22.2. The fourth-order valence-electron chi connectivity index (χ4n) is 3.59. The number of anilines is 2. The minimum Gasteiger partial charge on any atom is -0.326 e. The smallest absolute Gasteiger partial charge is 0.257 e. The van der Waals surface area contributed by atoms with Crippen molar-refractivity contribution in [1.29, 1.82) is 0 Å². The normalized spacial score (nSPS) is 18.3. The average molecular weight is 626 g/mol. The summed E-state index contributed by atoms with van der Waals surface area (Å²) in [6.45, 7) is 0. The molecule has 0 aliphatic heterocycles. The number of hydrogen-bond acceptors (Lipinski definition) is 2. The van der Waals surface area contributed by atoms with Crippen molar-refractivity contribution in [3.05, 3.63) is 91.1 Å². The molecule has 3 aromatic carbocycles. The van der Waals surface area contributed by atoms with E-state index in [2.05, 4.69) is 26.6 Å². The summed E-state index contributed by atoms with van der Waals surface area (Å²) in [4.78, 5) is 25.7. The molecule has 0 unspecified atom stereocenters. The second-order valence-corrected chi connectivity index (χ2v) is 11.2. The van der Waals surface area contributed by atoms with Crippen molar-refractivity contribution < 1.29 is 14.0 Å². The highest BCUT2D eigenvalue weighted by Crippen LogP contribution is 2.65. The lowest BCUT2D eigenvalue weighted by Gasteiger charge is -2.11. The zero-order valence-electron chi connectivity index (χ0n) is 16.8. The van der Waals surface area contributed by atoms with Crippen molar-refractivity contribution in [2.45, 2.75) is 10.3 Å². The summed E-state index contributed by atoms with van der Waals surface area (Å²) < 4.78 is 12.7. The van der Waals surface area contributed by atoms with E-state index >= 15 is 0 Å². The minimum absolute atomic E-state index is 0.0831. The van der Waals surface area contributed by atoms with E-state index in [0.29, 0.717) is 21.3 Å². The molecule has 2 N–H and O–H groups in total. The van der Waals surface area contributed by atoms with Gasteiger partial charge in [-0.15, -0.1) is 23.2 Å². The number of nitrogens with one attached hydrogen (secondary N) is 2. The second kappa shape index (κ2) is 9.84. The number of hydrogen-bond donors (Lipinski definition) is 2. The first-order valence-electron chi connectivity index (χ1n) is 9.68. The third-order valence-electron chi connectivity index (χ3n) is 5.24. The first-order chi connectivity index (χ1) is 16.0. The molecule has 11 heteroatoms. The largest absolute Gasteiger partial charge is 0.326 e. The van der Waals surface area contributed by atoms with Crippen LogP contribution in [0.4, 0.5) is 15.8 Å². The summed E-state index contributed by atoms with van der Waals surface area (Å²) in [7, 11) is 0. The molecule has 4 rings (SSSR count). The van der Waals surface area contributed by atoms with E-state index in [9.17, 15) is 14.0 Å². The molecular weight excluding hydrogens is 612 g/mol. The van der Waals surface area contributed by atoms with Crippen LogP contribution in [0.3, 0.4) is 0 Å². The van der Waals surface area contributed by atoms with Crippen LogP contribution in [0.2, 0.25) is 15.1 Å². The van der Waals surface area contributed by atoms with Gasteiger partial charge in [-0.3, -0.25) is 9.59 Å². The SMILES string of the molecule is O=C(Nc1ccc(Br)c(F)c1)c1cc(NC(=O)[C@H]2[C@H](c3cc(Cl)cc(Cl)c3)C2(Cl)Cl)ccc1Cl. The van der Waals surface area contributed by atoms with Gasteiger partial charge in [0.05, 0.1) is 21.0 Å². The molecule has 0 heterocycles. The molecule has 0 saturated heterocycles. The Balaban J connectivity index is 1.51. The Morgan fingerprint density at radius 1 is 0.882 bits per heavy atom. The van der Waals surface area contributed by atoms with Gasteiger partial charge in [0.25, 0.3) is 5.91 Å². The first-order valence-corrected chi connectivity index (χ1v) is 12.4. The maximum Gasteiger partial charge on any atom is 0.257 e. The molecule has 176 valence electrons. The quantitative estimate of drug-likeness (QED) is 0.280. The fourth-order valence-corrected chi connectivity index (χ4v) is 5.41. The van der Waals surface area contributed by atoms with E-state index in [1.54, 1.807) is 18.2 Å². The van der Waals surface area contributed by atoms with E-state index in [1.165, 1.54) is 30.3 Å². The Morgan fingerprint density at radius 2 is 1.50 bits per heavy atom. The van der Waals surface area contributed by atoms with Crippen molar-refractivity contribution in [3.8, 4) is 0 Å². The van der Waals surface area contributed by atoms with Crippen LogP contribution in [0.1, 0.15) is 21.8 Å². The van der Waals surface area contributed by atoms with Gasteiger partial charge in [-0.05, 0) is 76.1 Å². The predicted molar refractivity (Wildman–Crippen MR) is 139 cm³/mol. The maximum atomic E-state index is 13.8. The van der Waals surface area contributed by atoms with Gasteiger partial charge < -0.3 is 10.6 Å². The van der Waals surface area contributed by atoms with Crippen LogP contribution in [0.15, 0.2) is 59.1 Å². The fraction of sp³-hybridized carbons (Fsp3) is 0.130. The van der Waals surface area contributed by atoms with Crippen molar-refractivity contribution in [1.82, 2.24) is 0 Å². The van der Waals surface area contributed by atoms with Crippen LogP contribution in [0.5, 0.6) is 0 Å². The number of halogens is 7. The predicted octanol–water partition coefficient (Wildman–Crippen LogP) is 8.33. The molecule has 1 aliphatic carbocycles. The Labute approximate surface area is 227 Å². The van der Waals surface area contributed by atoms with Crippen LogP contribution < -0.4 is 10.6 Å². The van der Waals surface area contributed by atoms with E-state index < -0.39 is 33.8 Å².